The van der Waals surface area contributed by atoms with E-state index in [4.69, 9.17) is 39.5 Å². The summed E-state index contributed by atoms with van der Waals surface area (Å²) in [6.45, 7) is 0.297. The first-order chi connectivity index (χ1) is 11.6. The highest BCUT2D eigenvalue weighted by Crippen LogP contribution is 2.25. The van der Waals surface area contributed by atoms with Gasteiger partial charge in [0, 0.05) is 26.2 Å². The Morgan fingerprint density at radius 2 is 1.71 bits per heavy atom. The summed E-state index contributed by atoms with van der Waals surface area (Å²) in [7, 11) is 0. The number of rotatable bonds is 5. The van der Waals surface area contributed by atoms with Crippen LogP contribution in [0.5, 0.6) is 5.75 Å². The van der Waals surface area contributed by atoms with Crippen molar-refractivity contribution in [1.82, 2.24) is 14.9 Å². The van der Waals surface area contributed by atoms with Gasteiger partial charge in [-0.05, 0) is 30.3 Å². The van der Waals surface area contributed by atoms with Crippen molar-refractivity contribution in [2.24, 2.45) is 5.10 Å². The molecule has 0 spiro atoms. The van der Waals surface area contributed by atoms with Crippen molar-refractivity contribution in [2.45, 2.75) is 6.61 Å². The number of benzene rings is 2. The molecule has 24 heavy (non-hydrogen) atoms. The fourth-order valence-corrected chi connectivity index (χ4v) is 2.57. The van der Waals surface area contributed by atoms with Crippen LogP contribution in [0.4, 0.5) is 0 Å². The summed E-state index contributed by atoms with van der Waals surface area (Å²) in [5.74, 6) is 0.627. The zero-order chi connectivity index (χ0) is 16.9. The standard InChI is InChI=1S/C16H11Cl3N4O/c17-13-3-4-16(12(5-13)7-22-23-9-20-21-10-23)24-8-11-1-2-14(18)6-15(11)19/h1-7,9-10H,8H2. The van der Waals surface area contributed by atoms with Crippen LogP contribution < -0.4 is 4.74 Å². The summed E-state index contributed by atoms with van der Waals surface area (Å²) in [4.78, 5) is 0. The highest BCUT2D eigenvalue weighted by molar-refractivity contribution is 6.35. The van der Waals surface area contributed by atoms with Gasteiger partial charge in [0.25, 0.3) is 0 Å². The molecule has 8 heteroatoms. The minimum Gasteiger partial charge on any atom is -0.488 e. The quantitative estimate of drug-likeness (QED) is 0.602. The maximum atomic E-state index is 6.16. The second-order valence-corrected chi connectivity index (χ2v) is 6.07. The molecule has 0 aliphatic carbocycles. The van der Waals surface area contributed by atoms with Crippen molar-refractivity contribution < 1.29 is 4.74 Å². The first-order valence-electron chi connectivity index (χ1n) is 6.87. The zero-order valence-corrected chi connectivity index (χ0v) is 14.5. The minimum atomic E-state index is 0.297. The number of halogens is 3. The Bertz CT molecular complexity index is 866. The second kappa shape index (κ2) is 7.66. The molecule has 0 saturated heterocycles. The van der Waals surface area contributed by atoms with E-state index in [1.54, 1.807) is 36.5 Å². The average Bonchev–Trinajstić information content (AvgIpc) is 3.07. The van der Waals surface area contributed by atoms with Crippen molar-refractivity contribution in [3.05, 3.63) is 75.2 Å². The SMILES string of the molecule is Clc1ccc(COc2ccc(Cl)cc2C=Nn2cnnc2)c(Cl)c1. The van der Waals surface area contributed by atoms with Crippen molar-refractivity contribution in [3.63, 3.8) is 0 Å². The van der Waals surface area contributed by atoms with Gasteiger partial charge in [-0.1, -0.05) is 40.9 Å². The van der Waals surface area contributed by atoms with E-state index < -0.39 is 0 Å². The summed E-state index contributed by atoms with van der Waals surface area (Å²) >= 11 is 18.1. The number of hydrogen-bond donors (Lipinski definition) is 0. The predicted molar refractivity (Wildman–Crippen MR) is 95.3 cm³/mol. The molecular formula is C16H11Cl3N4O. The lowest BCUT2D eigenvalue weighted by Gasteiger charge is -2.11. The third kappa shape index (κ3) is 4.26. The number of aromatic nitrogens is 3. The van der Waals surface area contributed by atoms with Crippen LogP contribution in [-0.2, 0) is 6.61 Å². The summed E-state index contributed by atoms with van der Waals surface area (Å²) < 4.78 is 7.32. The van der Waals surface area contributed by atoms with Gasteiger partial charge in [-0.15, -0.1) is 10.2 Å². The lowest BCUT2D eigenvalue weighted by atomic mass is 10.2. The topological polar surface area (TPSA) is 52.3 Å². The number of ether oxygens (including phenoxy) is 1. The van der Waals surface area contributed by atoms with Gasteiger partial charge >= 0.3 is 0 Å². The smallest absolute Gasteiger partial charge is 0.141 e. The Balaban J connectivity index is 1.80. The van der Waals surface area contributed by atoms with Gasteiger partial charge in [0.1, 0.15) is 25.0 Å². The normalized spacial score (nSPS) is 11.1. The molecule has 0 radical (unpaired) electrons. The first-order valence-corrected chi connectivity index (χ1v) is 8.00. The van der Waals surface area contributed by atoms with Crippen molar-refractivity contribution >= 4 is 41.0 Å². The molecule has 3 rings (SSSR count). The Morgan fingerprint density at radius 1 is 1.00 bits per heavy atom. The van der Waals surface area contributed by atoms with E-state index in [0.717, 1.165) is 11.1 Å². The third-order valence-electron chi connectivity index (χ3n) is 3.11. The van der Waals surface area contributed by atoms with E-state index in [0.29, 0.717) is 27.4 Å². The van der Waals surface area contributed by atoms with E-state index in [2.05, 4.69) is 15.3 Å². The van der Waals surface area contributed by atoms with Gasteiger partial charge in [-0.2, -0.15) is 5.10 Å². The third-order valence-corrected chi connectivity index (χ3v) is 3.93. The maximum absolute atomic E-state index is 6.16. The molecule has 1 aromatic heterocycles. The van der Waals surface area contributed by atoms with Crippen LogP contribution in [0.25, 0.3) is 0 Å². The van der Waals surface area contributed by atoms with Crippen LogP contribution in [0.3, 0.4) is 0 Å². The van der Waals surface area contributed by atoms with Crippen LogP contribution in [0.2, 0.25) is 15.1 Å². The predicted octanol–water partition coefficient (Wildman–Crippen LogP) is 4.70. The lowest BCUT2D eigenvalue weighted by Crippen LogP contribution is -1.99. The molecular weight excluding hydrogens is 371 g/mol. The fraction of sp³-hybridized carbons (Fsp3) is 0.0625. The molecule has 2 aromatic carbocycles. The maximum Gasteiger partial charge on any atom is 0.141 e. The monoisotopic (exact) mass is 380 g/mol. The molecule has 0 aliphatic heterocycles. The van der Waals surface area contributed by atoms with Gasteiger partial charge in [0.15, 0.2) is 0 Å². The van der Waals surface area contributed by atoms with Gasteiger partial charge < -0.3 is 4.74 Å². The molecule has 0 fully saturated rings. The van der Waals surface area contributed by atoms with Crippen molar-refractivity contribution in [1.29, 1.82) is 0 Å². The molecule has 1 heterocycles. The molecule has 0 saturated carbocycles. The molecule has 122 valence electrons. The molecule has 0 atom stereocenters. The molecule has 0 N–H and O–H groups in total. The van der Waals surface area contributed by atoms with E-state index in [1.807, 2.05) is 6.07 Å². The van der Waals surface area contributed by atoms with Crippen LogP contribution in [-0.4, -0.2) is 21.1 Å². The zero-order valence-electron chi connectivity index (χ0n) is 12.2. The Hall–Kier alpha value is -2.08. The molecule has 3 aromatic rings. The highest BCUT2D eigenvalue weighted by Gasteiger charge is 2.06. The summed E-state index contributed by atoms with van der Waals surface area (Å²) in [5.41, 5.74) is 1.55. The second-order valence-electron chi connectivity index (χ2n) is 4.79. The minimum absolute atomic E-state index is 0.297. The molecule has 5 nitrogen and oxygen atoms in total. The van der Waals surface area contributed by atoms with Crippen LogP contribution in [0.15, 0.2) is 54.2 Å². The Labute approximate surface area is 153 Å². The lowest BCUT2D eigenvalue weighted by molar-refractivity contribution is 0.306. The van der Waals surface area contributed by atoms with Crippen LogP contribution in [0.1, 0.15) is 11.1 Å². The largest absolute Gasteiger partial charge is 0.488 e. The van der Waals surface area contributed by atoms with Gasteiger partial charge in [-0.25, -0.2) is 4.68 Å². The number of hydrogen-bond acceptors (Lipinski definition) is 4. The van der Waals surface area contributed by atoms with E-state index in [1.165, 1.54) is 17.3 Å². The van der Waals surface area contributed by atoms with E-state index in [9.17, 15) is 0 Å². The Morgan fingerprint density at radius 3 is 2.46 bits per heavy atom. The number of nitrogens with zero attached hydrogens (tertiary/aromatic N) is 4. The fourth-order valence-electron chi connectivity index (χ4n) is 1.93. The molecule has 0 bridgehead atoms. The van der Waals surface area contributed by atoms with Gasteiger partial charge in [0.2, 0.25) is 0 Å². The van der Waals surface area contributed by atoms with Gasteiger partial charge in [-0.3, -0.25) is 0 Å². The molecule has 0 unspecified atom stereocenters. The van der Waals surface area contributed by atoms with Crippen molar-refractivity contribution in [3.8, 4) is 5.75 Å². The first kappa shape index (κ1) is 16.8. The van der Waals surface area contributed by atoms with E-state index >= 15 is 0 Å². The van der Waals surface area contributed by atoms with Crippen LogP contribution in [0, 0.1) is 0 Å². The molecule has 0 aliphatic rings. The summed E-state index contributed by atoms with van der Waals surface area (Å²) in [5, 5.41) is 13.3. The van der Waals surface area contributed by atoms with Crippen LogP contribution >= 0.6 is 34.8 Å². The summed E-state index contributed by atoms with van der Waals surface area (Å²) in [6, 6.07) is 10.6. The highest BCUT2D eigenvalue weighted by atomic mass is 35.5. The van der Waals surface area contributed by atoms with Gasteiger partial charge in [0.05, 0.1) is 6.21 Å². The van der Waals surface area contributed by atoms with E-state index in [-0.39, 0.29) is 0 Å². The molecule has 0 amide bonds. The van der Waals surface area contributed by atoms with Crippen molar-refractivity contribution in [2.75, 3.05) is 0 Å². The summed E-state index contributed by atoms with van der Waals surface area (Å²) in [6.07, 6.45) is 4.58. The Kier molecular flexibility index (Phi) is 5.35. The average molecular weight is 382 g/mol.